The van der Waals surface area contributed by atoms with Crippen LogP contribution in [-0.4, -0.2) is 56.8 Å². The highest BCUT2D eigenvalue weighted by atomic mass is 32.2. The molecule has 0 saturated carbocycles. The molecule has 0 bridgehead atoms. The van der Waals surface area contributed by atoms with Gasteiger partial charge in [0, 0.05) is 37.0 Å². The third-order valence-electron chi connectivity index (χ3n) is 5.06. The predicted molar refractivity (Wildman–Crippen MR) is 115 cm³/mol. The van der Waals surface area contributed by atoms with E-state index in [2.05, 4.69) is 0 Å². The first kappa shape index (κ1) is 20.2. The number of furan rings is 1. The van der Waals surface area contributed by atoms with Crippen LogP contribution in [-0.2, 0) is 10.0 Å². The van der Waals surface area contributed by atoms with E-state index in [0.29, 0.717) is 24.4 Å². The summed E-state index contributed by atoms with van der Waals surface area (Å²) < 4.78 is 37.6. The first-order chi connectivity index (χ1) is 14.5. The van der Waals surface area contributed by atoms with Gasteiger partial charge in [0.15, 0.2) is 17.1 Å². The van der Waals surface area contributed by atoms with Gasteiger partial charge in [-0.05, 0) is 23.8 Å². The Morgan fingerprint density at radius 2 is 1.77 bits per heavy atom. The topological polar surface area (TPSA) is 80.1 Å². The lowest BCUT2D eigenvalue weighted by molar-refractivity contribution is 0.0669. The number of benzene rings is 2. The highest BCUT2D eigenvalue weighted by Crippen LogP contribution is 2.29. The highest BCUT2D eigenvalue weighted by molar-refractivity contribution is 7.92. The number of methoxy groups -OCH3 is 1. The van der Waals surface area contributed by atoms with Crippen molar-refractivity contribution in [2.75, 3.05) is 33.3 Å². The average molecular weight is 426 g/mol. The number of hydrogen-bond acceptors (Lipinski definition) is 5. The lowest BCUT2D eigenvalue weighted by Gasteiger charge is -2.32. The van der Waals surface area contributed by atoms with Crippen LogP contribution < -0.4 is 4.74 Å². The van der Waals surface area contributed by atoms with Gasteiger partial charge in [0.1, 0.15) is 0 Å². The van der Waals surface area contributed by atoms with Gasteiger partial charge in [-0.1, -0.05) is 42.5 Å². The Balaban J connectivity index is 1.43. The maximum atomic E-state index is 12.8. The number of carbonyl (C=O) groups is 1. The molecular weight excluding hydrogens is 404 g/mol. The van der Waals surface area contributed by atoms with Crippen LogP contribution in [0.4, 0.5) is 0 Å². The molecular formula is C22H22N2O5S. The summed E-state index contributed by atoms with van der Waals surface area (Å²) in [6.07, 6.45) is 1.58. The van der Waals surface area contributed by atoms with Crippen LogP contribution >= 0.6 is 0 Å². The number of ether oxygens (including phenoxy) is 1. The molecule has 0 spiro atoms. The van der Waals surface area contributed by atoms with Gasteiger partial charge in [-0.3, -0.25) is 4.79 Å². The quantitative estimate of drug-likeness (QED) is 0.626. The zero-order chi connectivity index (χ0) is 21.1. The van der Waals surface area contributed by atoms with E-state index in [9.17, 15) is 13.2 Å². The largest absolute Gasteiger partial charge is 0.493 e. The Bertz CT molecular complexity index is 1180. The summed E-state index contributed by atoms with van der Waals surface area (Å²) in [4.78, 5) is 14.5. The van der Waals surface area contributed by atoms with Gasteiger partial charge < -0.3 is 14.1 Å². The van der Waals surface area contributed by atoms with E-state index < -0.39 is 10.0 Å². The molecule has 1 fully saturated rings. The summed E-state index contributed by atoms with van der Waals surface area (Å²) in [6.45, 7) is 1.06. The molecule has 7 nitrogen and oxygen atoms in total. The van der Waals surface area contributed by atoms with Crippen LogP contribution in [0.15, 0.2) is 64.4 Å². The zero-order valence-electron chi connectivity index (χ0n) is 16.5. The molecule has 0 unspecified atom stereocenters. The number of nitrogens with zero attached hydrogens (tertiary/aromatic N) is 2. The number of carbonyl (C=O) groups excluding carboxylic acids is 1. The molecule has 2 aromatic carbocycles. The van der Waals surface area contributed by atoms with Crippen molar-refractivity contribution < 1.29 is 22.4 Å². The molecule has 1 aliphatic heterocycles. The summed E-state index contributed by atoms with van der Waals surface area (Å²) in [6, 6.07) is 16.4. The predicted octanol–water partition coefficient (Wildman–Crippen LogP) is 3.20. The van der Waals surface area contributed by atoms with Crippen LogP contribution in [0.1, 0.15) is 16.1 Å². The Morgan fingerprint density at radius 3 is 2.47 bits per heavy atom. The Morgan fingerprint density at radius 1 is 1.03 bits per heavy atom. The minimum Gasteiger partial charge on any atom is -0.493 e. The van der Waals surface area contributed by atoms with Crippen LogP contribution in [0.5, 0.6) is 5.75 Å². The zero-order valence-corrected chi connectivity index (χ0v) is 17.3. The molecule has 1 saturated heterocycles. The van der Waals surface area contributed by atoms with Crippen LogP contribution in [0.3, 0.4) is 0 Å². The molecule has 0 atom stereocenters. The van der Waals surface area contributed by atoms with Gasteiger partial charge in [0.2, 0.25) is 10.0 Å². The van der Waals surface area contributed by atoms with Gasteiger partial charge >= 0.3 is 0 Å². The maximum Gasteiger partial charge on any atom is 0.289 e. The van der Waals surface area contributed by atoms with E-state index in [-0.39, 0.29) is 24.8 Å². The van der Waals surface area contributed by atoms with Gasteiger partial charge in [0.25, 0.3) is 5.91 Å². The standard InChI is InChI=1S/C22H22N2O5S/c1-28-19-9-5-8-18-16-20(29-21(18)19)22(25)23-11-13-24(14-12-23)30(26,27)15-10-17-6-3-2-4-7-17/h2-10,15-16H,11-14H2,1H3/b15-10+. The molecule has 4 rings (SSSR count). The maximum absolute atomic E-state index is 12.8. The third kappa shape index (κ3) is 4.10. The van der Waals surface area contributed by atoms with Crippen LogP contribution in [0.25, 0.3) is 17.0 Å². The van der Waals surface area contributed by atoms with E-state index in [1.165, 1.54) is 9.71 Å². The Hall–Kier alpha value is -3.10. The molecule has 30 heavy (non-hydrogen) atoms. The lowest BCUT2D eigenvalue weighted by atomic mass is 10.2. The second kappa shape index (κ2) is 8.33. The first-order valence-corrected chi connectivity index (χ1v) is 11.1. The van der Waals surface area contributed by atoms with Crippen molar-refractivity contribution in [3.8, 4) is 5.75 Å². The summed E-state index contributed by atoms with van der Waals surface area (Å²) >= 11 is 0. The molecule has 8 heteroatoms. The van der Waals surface area contributed by atoms with Crippen LogP contribution in [0, 0.1) is 0 Å². The lowest BCUT2D eigenvalue weighted by Crippen LogP contribution is -2.50. The van der Waals surface area contributed by atoms with Crippen molar-refractivity contribution in [3.63, 3.8) is 0 Å². The molecule has 2 heterocycles. The first-order valence-electron chi connectivity index (χ1n) is 9.57. The van der Waals surface area contributed by atoms with Crippen molar-refractivity contribution in [3.05, 3.63) is 71.3 Å². The molecule has 1 amide bonds. The molecule has 0 N–H and O–H groups in total. The van der Waals surface area contributed by atoms with Crippen molar-refractivity contribution in [2.45, 2.75) is 0 Å². The van der Waals surface area contributed by atoms with Crippen LogP contribution in [0.2, 0.25) is 0 Å². The van der Waals surface area contributed by atoms with Crippen molar-refractivity contribution >= 4 is 33.0 Å². The number of fused-ring (bicyclic) bond motifs is 1. The highest BCUT2D eigenvalue weighted by Gasteiger charge is 2.29. The molecule has 1 aliphatic rings. The van der Waals surface area contributed by atoms with Gasteiger partial charge in [-0.15, -0.1) is 0 Å². The van der Waals surface area contributed by atoms with E-state index in [1.54, 1.807) is 30.2 Å². The average Bonchev–Trinajstić information content (AvgIpc) is 3.22. The summed E-state index contributed by atoms with van der Waals surface area (Å²) in [5.74, 6) is 0.521. The number of amides is 1. The van der Waals surface area contributed by atoms with Gasteiger partial charge in [0.05, 0.1) is 7.11 Å². The normalized spacial score (nSPS) is 15.7. The smallest absolute Gasteiger partial charge is 0.289 e. The number of para-hydroxylation sites is 1. The fourth-order valence-corrected chi connectivity index (χ4v) is 4.59. The summed E-state index contributed by atoms with van der Waals surface area (Å²) in [7, 11) is -2.00. The number of hydrogen-bond donors (Lipinski definition) is 0. The van der Waals surface area contributed by atoms with Gasteiger partial charge in [-0.2, -0.15) is 4.31 Å². The molecule has 1 aromatic heterocycles. The molecule has 3 aromatic rings. The van der Waals surface area contributed by atoms with Crippen molar-refractivity contribution in [1.29, 1.82) is 0 Å². The minimum atomic E-state index is -3.55. The SMILES string of the molecule is COc1cccc2cc(C(=O)N3CCN(S(=O)(=O)/C=C/c4ccccc4)CC3)oc12. The summed E-state index contributed by atoms with van der Waals surface area (Å²) in [5.41, 5.74) is 1.34. The Kier molecular flexibility index (Phi) is 5.61. The van der Waals surface area contributed by atoms with Crippen molar-refractivity contribution in [1.82, 2.24) is 9.21 Å². The second-order valence-electron chi connectivity index (χ2n) is 6.94. The molecule has 0 radical (unpaired) electrons. The van der Waals surface area contributed by atoms with E-state index >= 15 is 0 Å². The fraction of sp³-hybridized carbons (Fsp3) is 0.227. The van der Waals surface area contributed by atoms with E-state index in [4.69, 9.17) is 9.15 Å². The van der Waals surface area contributed by atoms with Gasteiger partial charge in [-0.25, -0.2) is 8.42 Å². The Labute approximate surface area is 175 Å². The number of rotatable bonds is 5. The molecule has 156 valence electrons. The summed E-state index contributed by atoms with van der Waals surface area (Å²) in [5, 5.41) is 2.00. The van der Waals surface area contributed by atoms with E-state index in [0.717, 1.165) is 10.9 Å². The number of piperazine rings is 1. The van der Waals surface area contributed by atoms with E-state index in [1.807, 2.05) is 42.5 Å². The third-order valence-corrected chi connectivity index (χ3v) is 6.62. The number of sulfonamides is 1. The minimum absolute atomic E-state index is 0.217. The second-order valence-corrected chi connectivity index (χ2v) is 8.76. The fourth-order valence-electron chi connectivity index (χ4n) is 3.42. The van der Waals surface area contributed by atoms with Crippen molar-refractivity contribution in [2.24, 2.45) is 0 Å². The monoisotopic (exact) mass is 426 g/mol. The molecule has 0 aliphatic carbocycles.